The van der Waals surface area contributed by atoms with Crippen molar-refractivity contribution < 1.29 is 18.0 Å². The molecule has 1 aromatic carbocycles. The zero-order chi connectivity index (χ0) is 24.0. The molecule has 7 heteroatoms. The third-order valence-electron chi connectivity index (χ3n) is 7.85. The summed E-state index contributed by atoms with van der Waals surface area (Å²) < 4.78 is 38.1. The molecule has 4 aliphatic rings. The summed E-state index contributed by atoms with van der Waals surface area (Å²) in [6, 6.07) is 5.32. The molecule has 1 aromatic rings. The van der Waals surface area contributed by atoms with Crippen molar-refractivity contribution in [2.24, 2.45) is 23.7 Å². The molecule has 0 bridgehead atoms. The van der Waals surface area contributed by atoms with Gasteiger partial charge in [-0.1, -0.05) is 24.3 Å². The predicted octanol–water partition coefficient (Wildman–Crippen LogP) is 4.69. The SMILES string of the molecule is CN1C=C2C[C@@H]3[C@H](C[C@@H](CNC(=O)/C=C/c4ccc(C(F)(F)F)cc4)CN3C)C3C=CC=C1C23. The summed E-state index contributed by atoms with van der Waals surface area (Å²) in [5, 5.41) is 3.00. The number of carbonyl (C=O) groups excluding carboxylic acids is 1. The minimum atomic E-state index is -4.36. The number of hydrogen-bond donors (Lipinski definition) is 1. The van der Waals surface area contributed by atoms with E-state index in [0.717, 1.165) is 31.5 Å². The predicted molar refractivity (Wildman–Crippen MR) is 126 cm³/mol. The molecule has 2 fully saturated rings. The van der Waals surface area contributed by atoms with Gasteiger partial charge in [0.15, 0.2) is 0 Å². The zero-order valence-electron chi connectivity index (χ0n) is 19.4. The second kappa shape index (κ2) is 8.77. The molecule has 2 aliphatic heterocycles. The van der Waals surface area contributed by atoms with E-state index in [-0.39, 0.29) is 5.91 Å². The summed E-state index contributed by atoms with van der Waals surface area (Å²) in [7, 11) is 4.33. The topological polar surface area (TPSA) is 35.6 Å². The molecule has 4 nitrogen and oxygen atoms in total. The average Bonchev–Trinajstić information content (AvgIpc) is 3.13. The van der Waals surface area contributed by atoms with Gasteiger partial charge >= 0.3 is 6.18 Å². The smallest absolute Gasteiger partial charge is 0.354 e. The lowest BCUT2D eigenvalue weighted by Crippen LogP contribution is -2.54. The molecule has 1 N–H and O–H groups in total. The highest BCUT2D eigenvalue weighted by molar-refractivity contribution is 5.91. The normalized spacial score (nSPS) is 30.6. The Kier molecular flexibility index (Phi) is 5.92. The summed E-state index contributed by atoms with van der Waals surface area (Å²) in [6.07, 6.45) is 9.88. The Balaban J connectivity index is 1.19. The van der Waals surface area contributed by atoms with Gasteiger partial charge in [0.25, 0.3) is 0 Å². The Morgan fingerprint density at radius 2 is 1.97 bits per heavy atom. The number of amides is 1. The van der Waals surface area contributed by atoms with E-state index in [9.17, 15) is 18.0 Å². The number of alkyl halides is 3. The lowest BCUT2D eigenvalue weighted by molar-refractivity contribution is -0.137. The number of allylic oxidation sites excluding steroid dienone is 4. The number of piperidine rings is 1. The third-order valence-corrected chi connectivity index (χ3v) is 7.85. The van der Waals surface area contributed by atoms with E-state index < -0.39 is 11.7 Å². The highest BCUT2D eigenvalue weighted by Gasteiger charge is 2.49. The van der Waals surface area contributed by atoms with Crippen LogP contribution in [0.2, 0.25) is 0 Å². The molecular formula is C27H30F3N3O. The van der Waals surface area contributed by atoms with Crippen LogP contribution in [-0.2, 0) is 11.0 Å². The number of carbonyl (C=O) groups is 1. The Morgan fingerprint density at radius 3 is 2.71 bits per heavy atom. The summed E-state index contributed by atoms with van der Waals surface area (Å²) in [4.78, 5) is 17.1. The van der Waals surface area contributed by atoms with Crippen molar-refractivity contribution in [2.45, 2.75) is 25.1 Å². The summed E-state index contributed by atoms with van der Waals surface area (Å²) in [5.41, 5.74) is 2.80. The van der Waals surface area contributed by atoms with Crippen LogP contribution < -0.4 is 5.32 Å². The molecule has 34 heavy (non-hydrogen) atoms. The lowest BCUT2D eigenvalue weighted by atomic mass is 9.61. The van der Waals surface area contributed by atoms with Gasteiger partial charge in [0.1, 0.15) is 0 Å². The minimum absolute atomic E-state index is 0.223. The van der Waals surface area contributed by atoms with Gasteiger partial charge in [0.05, 0.1) is 5.56 Å². The molecule has 5 atom stereocenters. The quantitative estimate of drug-likeness (QED) is 0.650. The number of nitrogens with one attached hydrogen (secondary N) is 1. The second-order valence-electron chi connectivity index (χ2n) is 10.0. The molecule has 2 heterocycles. The maximum atomic E-state index is 12.7. The maximum absolute atomic E-state index is 12.7. The van der Waals surface area contributed by atoms with Crippen LogP contribution in [0.25, 0.3) is 6.08 Å². The van der Waals surface area contributed by atoms with Gasteiger partial charge in [-0.05, 0) is 73.1 Å². The monoisotopic (exact) mass is 469 g/mol. The van der Waals surface area contributed by atoms with Crippen LogP contribution in [0.1, 0.15) is 24.0 Å². The van der Waals surface area contributed by atoms with Crippen molar-refractivity contribution in [1.82, 2.24) is 15.1 Å². The number of likely N-dealkylation sites (tertiary alicyclic amines) is 1. The van der Waals surface area contributed by atoms with E-state index in [1.165, 1.54) is 29.5 Å². The van der Waals surface area contributed by atoms with E-state index in [4.69, 9.17) is 0 Å². The number of halogens is 3. The molecule has 180 valence electrons. The Bertz CT molecular complexity index is 1070. The van der Waals surface area contributed by atoms with Crippen LogP contribution in [0.5, 0.6) is 0 Å². The second-order valence-corrected chi connectivity index (χ2v) is 10.0. The van der Waals surface area contributed by atoms with Crippen molar-refractivity contribution in [3.63, 3.8) is 0 Å². The number of fused-ring (bicyclic) bond motifs is 2. The van der Waals surface area contributed by atoms with E-state index in [2.05, 4.69) is 53.6 Å². The number of rotatable bonds is 4. The van der Waals surface area contributed by atoms with Crippen molar-refractivity contribution in [3.05, 3.63) is 77.2 Å². The molecule has 2 aliphatic carbocycles. The molecule has 1 saturated heterocycles. The first kappa shape index (κ1) is 23.0. The highest BCUT2D eigenvalue weighted by atomic mass is 19.4. The zero-order valence-corrected chi connectivity index (χ0v) is 19.4. The largest absolute Gasteiger partial charge is 0.416 e. The molecule has 0 aromatic heterocycles. The van der Waals surface area contributed by atoms with Crippen LogP contribution in [0.3, 0.4) is 0 Å². The van der Waals surface area contributed by atoms with Gasteiger partial charge in [-0.15, -0.1) is 0 Å². The van der Waals surface area contributed by atoms with Crippen LogP contribution >= 0.6 is 0 Å². The Labute approximate surface area is 198 Å². The first-order valence-electron chi connectivity index (χ1n) is 11.9. The van der Waals surface area contributed by atoms with E-state index >= 15 is 0 Å². The summed E-state index contributed by atoms with van der Waals surface area (Å²) in [5.74, 6) is 1.68. The molecule has 1 amide bonds. The van der Waals surface area contributed by atoms with E-state index in [1.807, 2.05) is 0 Å². The summed E-state index contributed by atoms with van der Waals surface area (Å²) in [6.45, 7) is 1.53. The van der Waals surface area contributed by atoms with Crippen LogP contribution in [0, 0.1) is 23.7 Å². The molecule has 5 rings (SSSR count). The van der Waals surface area contributed by atoms with Gasteiger partial charge in [0.2, 0.25) is 5.91 Å². The van der Waals surface area contributed by atoms with Gasteiger partial charge < -0.3 is 15.1 Å². The molecule has 0 radical (unpaired) electrons. The number of nitrogens with zero attached hydrogens (tertiary/aromatic N) is 2. The first-order chi connectivity index (χ1) is 16.2. The highest BCUT2D eigenvalue weighted by Crippen LogP contribution is 2.52. The fourth-order valence-electron chi connectivity index (χ4n) is 6.30. The fourth-order valence-corrected chi connectivity index (χ4v) is 6.30. The molecule has 0 spiro atoms. The summed E-state index contributed by atoms with van der Waals surface area (Å²) >= 11 is 0. The average molecular weight is 470 g/mol. The minimum Gasteiger partial charge on any atom is -0.354 e. The van der Waals surface area contributed by atoms with Crippen molar-refractivity contribution in [3.8, 4) is 0 Å². The van der Waals surface area contributed by atoms with E-state index in [1.54, 1.807) is 6.08 Å². The molecular weight excluding hydrogens is 439 g/mol. The lowest BCUT2D eigenvalue weighted by Gasteiger charge is -2.51. The standard InChI is InChI=1S/C27H30F3N3O/c1-32-15-18(14-31-25(34)11-8-17-6-9-20(10-7-17)27(28,29)30)12-22-21-4-3-5-23-26(21)19(13-24(22)32)16-33(23)2/h3-11,16,18,21-22,24,26H,12-15H2,1-2H3,(H,31,34)/b11-8+/t18-,21?,22+,24+,26?/m0/s1. The Morgan fingerprint density at radius 1 is 1.21 bits per heavy atom. The maximum Gasteiger partial charge on any atom is 0.416 e. The van der Waals surface area contributed by atoms with Crippen LogP contribution in [0.4, 0.5) is 13.2 Å². The van der Waals surface area contributed by atoms with Gasteiger partial charge in [-0.25, -0.2) is 0 Å². The van der Waals surface area contributed by atoms with Crippen molar-refractivity contribution in [1.29, 1.82) is 0 Å². The number of benzene rings is 1. The van der Waals surface area contributed by atoms with Crippen molar-refractivity contribution in [2.75, 3.05) is 27.2 Å². The van der Waals surface area contributed by atoms with Gasteiger partial charge in [-0.2, -0.15) is 13.2 Å². The third kappa shape index (κ3) is 4.33. The fraction of sp³-hybridized carbons (Fsp3) is 0.444. The van der Waals surface area contributed by atoms with Gasteiger partial charge in [-0.3, -0.25) is 4.79 Å². The Hall–Kier alpha value is -2.80. The van der Waals surface area contributed by atoms with Crippen molar-refractivity contribution >= 4 is 12.0 Å². The van der Waals surface area contributed by atoms with Gasteiger partial charge in [0, 0.05) is 50.1 Å². The number of hydrogen-bond acceptors (Lipinski definition) is 3. The molecule has 1 saturated carbocycles. The van der Waals surface area contributed by atoms with Crippen LogP contribution in [-0.4, -0.2) is 48.9 Å². The van der Waals surface area contributed by atoms with E-state index in [0.29, 0.717) is 41.8 Å². The van der Waals surface area contributed by atoms with Crippen LogP contribution in [0.15, 0.2) is 66.0 Å². The first-order valence-corrected chi connectivity index (χ1v) is 11.9. The molecule has 2 unspecified atom stereocenters.